The maximum atomic E-state index is 14.3. The number of rotatable bonds is 10. The number of aryl methyl sites for hydroxylation is 1. The van der Waals surface area contributed by atoms with E-state index in [1.165, 1.54) is 25.5 Å². The van der Waals surface area contributed by atoms with Crippen LogP contribution < -0.4 is 5.32 Å². The Kier molecular flexibility index (Phi) is 7.72. The average molecular weight is 420 g/mol. The first-order chi connectivity index (χ1) is 13.9. The molecule has 2 aromatic rings. The van der Waals surface area contributed by atoms with E-state index in [0.29, 0.717) is 0 Å². The van der Waals surface area contributed by atoms with Crippen molar-refractivity contribution in [2.75, 3.05) is 6.54 Å². The number of hydrogen-bond acceptors (Lipinski definition) is 3. The summed E-state index contributed by atoms with van der Waals surface area (Å²) in [5.41, 5.74) is -0.615. The summed E-state index contributed by atoms with van der Waals surface area (Å²) < 4.78 is 28.4. The zero-order valence-electron chi connectivity index (χ0n) is 18.0. The number of carboxylic acids is 1. The highest BCUT2D eigenvalue weighted by atomic mass is 19.2. The van der Waals surface area contributed by atoms with E-state index in [9.17, 15) is 23.8 Å². The summed E-state index contributed by atoms with van der Waals surface area (Å²) >= 11 is 0. The van der Waals surface area contributed by atoms with Gasteiger partial charge in [-0.25, -0.2) is 8.78 Å². The van der Waals surface area contributed by atoms with Crippen LogP contribution in [0.15, 0.2) is 42.5 Å². The zero-order chi connectivity index (χ0) is 22.5. The SMILES string of the molecule is CC(C)(CCCc1ccccc1)NC[C@@H](O)c1cc(C(C)(C)C(=O)O)cc(F)c1F. The number of aliphatic hydroxyl groups excluding tert-OH is 1. The van der Waals surface area contributed by atoms with Crippen molar-refractivity contribution in [2.45, 2.75) is 64.0 Å². The fourth-order valence-corrected chi connectivity index (χ4v) is 3.29. The number of hydrogen-bond donors (Lipinski definition) is 3. The molecule has 164 valence electrons. The number of halogens is 2. The molecule has 0 bridgehead atoms. The summed E-state index contributed by atoms with van der Waals surface area (Å²) in [5, 5.41) is 23.1. The van der Waals surface area contributed by atoms with Crippen LogP contribution in [0.2, 0.25) is 0 Å². The van der Waals surface area contributed by atoms with E-state index in [4.69, 9.17) is 0 Å². The van der Waals surface area contributed by atoms with Crippen LogP contribution >= 0.6 is 0 Å². The summed E-state index contributed by atoms with van der Waals surface area (Å²) in [7, 11) is 0. The van der Waals surface area contributed by atoms with Gasteiger partial charge in [-0.3, -0.25) is 4.79 Å². The smallest absolute Gasteiger partial charge is 0.313 e. The Hall–Kier alpha value is -2.31. The summed E-state index contributed by atoms with van der Waals surface area (Å²) in [6.07, 6.45) is 1.39. The molecule has 0 fully saturated rings. The number of nitrogens with one attached hydrogen (secondary N) is 1. The maximum Gasteiger partial charge on any atom is 0.313 e. The molecular formula is C24H31F2NO3. The Morgan fingerprint density at radius 1 is 1.10 bits per heavy atom. The molecule has 0 amide bonds. The molecular weight excluding hydrogens is 388 g/mol. The van der Waals surface area contributed by atoms with Crippen LogP contribution in [0.1, 0.15) is 63.3 Å². The minimum absolute atomic E-state index is 0.0195. The lowest BCUT2D eigenvalue weighted by atomic mass is 9.83. The average Bonchev–Trinajstić information content (AvgIpc) is 2.68. The molecule has 0 heterocycles. The summed E-state index contributed by atoms with van der Waals surface area (Å²) in [6, 6.07) is 12.2. The maximum absolute atomic E-state index is 14.3. The van der Waals surface area contributed by atoms with Gasteiger partial charge in [-0.15, -0.1) is 0 Å². The van der Waals surface area contributed by atoms with E-state index >= 15 is 0 Å². The predicted octanol–water partition coefficient (Wildman–Crippen LogP) is 4.75. The molecule has 2 rings (SSSR count). The standard InChI is InChI=1S/C24H31F2NO3/c1-23(2,12-8-11-16-9-6-5-7-10-16)27-15-20(28)18-13-17(14-19(25)21(18)26)24(3,4)22(29)30/h5-7,9-10,13-14,20,27-28H,8,11-12,15H2,1-4H3,(H,29,30)/t20-/m1/s1. The third-order valence-corrected chi connectivity index (χ3v) is 5.56. The molecule has 0 saturated heterocycles. The number of carboxylic acid groups (broad SMARTS) is 1. The highest BCUT2D eigenvalue weighted by molar-refractivity contribution is 5.80. The first-order valence-electron chi connectivity index (χ1n) is 10.1. The molecule has 0 spiro atoms. The predicted molar refractivity (Wildman–Crippen MR) is 113 cm³/mol. The van der Waals surface area contributed by atoms with Crippen LogP contribution in [0.3, 0.4) is 0 Å². The third-order valence-electron chi connectivity index (χ3n) is 5.56. The highest BCUT2D eigenvalue weighted by Gasteiger charge is 2.32. The first kappa shape index (κ1) is 24.0. The summed E-state index contributed by atoms with van der Waals surface area (Å²) in [4.78, 5) is 11.5. The lowest BCUT2D eigenvalue weighted by molar-refractivity contribution is -0.142. The van der Waals surface area contributed by atoms with Gasteiger partial charge < -0.3 is 15.5 Å². The second-order valence-electron chi connectivity index (χ2n) is 8.91. The van der Waals surface area contributed by atoms with E-state index in [1.54, 1.807) is 0 Å². The van der Waals surface area contributed by atoms with Gasteiger partial charge in [-0.1, -0.05) is 30.3 Å². The van der Waals surface area contributed by atoms with Gasteiger partial charge in [0.1, 0.15) is 0 Å². The third kappa shape index (κ3) is 6.09. The number of carbonyl (C=O) groups is 1. The Morgan fingerprint density at radius 2 is 1.73 bits per heavy atom. The molecule has 0 saturated carbocycles. The number of aliphatic hydroxyl groups is 1. The second-order valence-corrected chi connectivity index (χ2v) is 8.91. The molecule has 0 aliphatic carbocycles. The Labute approximate surface area is 176 Å². The minimum atomic E-state index is -1.41. The van der Waals surface area contributed by atoms with E-state index in [0.717, 1.165) is 25.3 Å². The molecule has 6 heteroatoms. The van der Waals surface area contributed by atoms with Crippen molar-refractivity contribution >= 4 is 5.97 Å². The first-order valence-corrected chi connectivity index (χ1v) is 10.1. The molecule has 30 heavy (non-hydrogen) atoms. The lowest BCUT2D eigenvalue weighted by Gasteiger charge is -2.28. The van der Waals surface area contributed by atoms with Crippen molar-refractivity contribution in [3.63, 3.8) is 0 Å². The van der Waals surface area contributed by atoms with Gasteiger partial charge in [-0.2, -0.15) is 0 Å². The Balaban J connectivity index is 2.03. The van der Waals surface area contributed by atoms with E-state index in [1.807, 2.05) is 32.0 Å². The molecule has 1 atom stereocenters. The van der Waals surface area contributed by atoms with Crippen LogP contribution in [0, 0.1) is 11.6 Å². The van der Waals surface area contributed by atoms with Crippen LogP contribution in [0.25, 0.3) is 0 Å². The lowest BCUT2D eigenvalue weighted by Crippen LogP contribution is -2.41. The van der Waals surface area contributed by atoms with Crippen LogP contribution in [0.5, 0.6) is 0 Å². The van der Waals surface area contributed by atoms with E-state index in [2.05, 4.69) is 17.4 Å². The Bertz CT molecular complexity index is 866. The largest absolute Gasteiger partial charge is 0.481 e. The Morgan fingerprint density at radius 3 is 2.33 bits per heavy atom. The molecule has 0 aliphatic rings. The normalized spacial score (nSPS) is 13.3. The molecule has 0 unspecified atom stereocenters. The second kappa shape index (κ2) is 9.67. The van der Waals surface area contributed by atoms with E-state index < -0.39 is 29.1 Å². The van der Waals surface area contributed by atoms with Crippen molar-refractivity contribution in [3.05, 3.63) is 70.8 Å². The fourth-order valence-electron chi connectivity index (χ4n) is 3.29. The van der Waals surface area contributed by atoms with Crippen molar-refractivity contribution < 1.29 is 23.8 Å². The van der Waals surface area contributed by atoms with Gasteiger partial charge in [0.2, 0.25) is 0 Å². The van der Waals surface area contributed by atoms with Gasteiger partial charge in [0, 0.05) is 17.6 Å². The van der Waals surface area contributed by atoms with Crippen molar-refractivity contribution in [1.29, 1.82) is 0 Å². The van der Waals surface area contributed by atoms with Gasteiger partial charge in [-0.05, 0) is 70.2 Å². The number of benzene rings is 2. The number of aliphatic carboxylic acids is 1. The quantitative estimate of drug-likeness (QED) is 0.520. The minimum Gasteiger partial charge on any atom is -0.481 e. The van der Waals surface area contributed by atoms with E-state index in [-0.39, 0.29) is 23.2 Å². The molecule has 0 aromatic heterocycles. The molecule has 3 N–H and O–H groups in total. The summed E-state index contributed by atoms with van der Waals surface area (Å²) in [6.45, 7) is 6.82. The number of β-amino-alcohol motifs (C(OH)–C–C–N with tert-alkyl or cyclic N) is 1. The van der Waals surface area contributed by atoms with Crippen molar-refractivity contribution in [2.24, 2.45) is 0 Å². The monoisotopic (exact) mass is 419 g/mol. The zero-order valence-corrected chi connectivity index (χ0v) is 18.0. The molecule has 2 aromatic carbocycles. The molecule has 0 aliphatic heterocycles. The van der Waals surface area contributed by atoms with Crippen LogP contribution in [-0.2, 0) is 16.6 Å². The molecule has 4 nitrogen and oxygen atoms in total. The van der Waals surface area contributed by atoms with Gasteiger partial charge in [0.15, 0.2) is 11.6 Å². The van der Waals surface area contributed by atoms with Crippen molar-refractivity contribution in [1.82, 2.24) is 5.32 Å². The van der Waals surface area contributed by atoms with Gasteiger partial charge in [0.05, 0.1) is 11.5 Å². The van der Waals surface area contributed by atoms with Gasteiger partial charge >= 0.3 is 5.97 Å². The van der Waals surface area contributed by atoms with Crippen molar-refractivity contribution in [3.8, 4) is 0 Å². The van der Waals surface area contributed by atoms with Gasteiger partial charge in [0.25, 0.3) is 0 Å². The van der Waals surface area contributed by atoms with Crippen LogP contribution in [0.4, 0.5) is 8.78 Å². The van der Waals surface area contributed by atoms with Crippen LogP contribution in [-0.4, -0.2) is 28.3 Å². The summed E-state index contributed by atoms with van der Waals surface area (Å²) in [5.74, 6) is -3.49. The molecule has 0 radical (unpaired) electrons. The highest BCUT2D eigenvalue weighted by Crippen LogP contribution is 2.30. The fraction of sp³-hybridized carbons (Fsp3) is 0.458. The topological polar surface area (TPSA) is 69.6 Å².